The van der Waals surface area contributed by atoms with E-state index in [0.29, 0.717) is 12.3 Å². The molecule has 2 heteroatoms. The van der Waals surface area contributed by atoms with E-state index in [1.807, 2.05) is 11.0 Å². The minimum absolute atomic E-state index is 0.229. The molecule has 0 spiro atoms. The third-order valence-electron chi connectivity index (χ3n) is 3.88. The van der Waals surface area contributed by atoms with Crippen LogP contribution in [0, 0.1) is 5.92 Å². The number of fused-ring (bicyclic) bond motifs is 1. The highest BCUT2D eigenvalue weighted by atomic mass is 16.2. The Kier molecular flexibility index (Phi) is 2.50. The summed E-state index contributed by atoms with van der Waals surface area (Å²) >= 11 is 0. The summed E-state index contributed by atoms with van der Waals surface area (Å²) in [5.41, 5.74) is 3.96. The first-order valence-electron chi connectivity index (χ1n) is 6.32. The molecule has 1 aliphatic heterocycles. The van der Waals surface area contributed by atoms with Gasteiger partial charge < -0.3 is 4.90 Å². The van der Waals surface area contributed by atoms with Crippen LogP contribution in [-0.4, -0.2) is 12.5 Å². The highest BCUT2D eigenvalue weighted by Gasteiger charge is 2.29. The van der Waals surface area contributed by atoms with Gasteiger partial charge in [0.2, 0.25) is 5.91 Å². The zero-order valence-electron chi connectivity index (χ0n) is 9.98. The summed E-state index contributed by atoms with van der Waals surface area (Å²) in [6.07, 6.45) is 6.11. The van der Waals surface area contributed by atoms with Crippen LogP contribution in [0.4, 0.5) is 5.69 Å². The van der Waals surface area contributed by atoms with Gasteiger partial charge in [-0.15, -0.1) is 6.58 Å². The SMILES string of the molecule is C=CC1CC(=O)N(c2ccc3c(c2)CCC3)C1. The number of aryl methyl sites for hydroxylation is 2. The maximum atomic E-state index is 11.9. The van der Waals surface area contributed by atoms with Gasteiger partial charge in [0.05, 0.1) is 0 Å². The average molecular weight is 227 g/mol. The van der Waals surface area contributed by atoms with Crippen LogP contribution in [0.2, 0.25) is 0 Å². The first-order chi connectivity index (χ1) is 8.28. The summed E-state index contributed by atoms with van der Waals surface area (Å²) in [6, 6.07) is 6.48. The molecular formula is C15H17NO. The van der Waals surface area contributed by atoms with Crippen molar-refractivity contribution in [3.05, 3.63) is 42.0 Å². The van der Waals surface area contributed by atoms with Crippen LogP contribution in [-0.2, 0) is 17.6 Å². The summed E-state index contributed by atoms with van der Waals surface area (Å²) in [5, 5.41) is 0. The van der Waals surface area contributed by atoms with E-state index in [9.17, 15) is 4.79 Å². The summed E-state index contributed by atoms with van der Waals surface area (Å²) in [5.74, 6) is 0.545. The molecule has 0 radical (unpaired) electrons. The van der Waals surface area contributed by atoms with Gasteiger partial charge in [0, 0.05) is 24.6 Å². The van der Waals surface area contributed by atoms with Crippen LogP contribution in [0.5, 0.6) is 0 Å². The third-order valence-corrected chi connectivity index (χ3v) is 3.88. The molecule has 1 aromatic rings. The van der Waals surface area contributed by atoms with Crippen molar-refractivity contribution >= 4 is 11.6 Å². The fourth-order valence-corrected chi connectivity index (χ4v) is 2.87. The second kappa shape index (κ2) is 4.02. The molecule has 0 aromatic heterocycles. The van der Waals surface area contributed by atoms with E-state index in [2.05, 4.69) is 24.8 Å². The Morgan fingerprint density at radius 1 is 1.29 bits per heavy atom. The lowest BCUT2D eigenvalue weighted by Gasteiger charge is -2.17. The fraction of sp³-hybridized carbons (Fsp3) is 0.400. The lowest BCUT2D eigenvalue weighted by molar-refractivity contribution is -0.117. The standard InChI is InChI=1S/C15H17NO/c1-2-11-8-15(17)16(10-11)14-7-6-12-4-3-5-13(12)9-14/h2,6-7,9,11H,1,3-5,8,10H2. The van der Waals surface area contributed by atoms with E-state index >= 15 is 0 Å². The molecule has 1 heterocycles. The predicted octanol–water partition coefficient (Wildman–Crippen LogP) is 2.71. The number of carbonyl (C=O) groups is 1. The van der Waals surface area contributed by atoms with Crippen molar-refractivity contribution < 1.29 is 4.79 Å². The molecule has 1 unspecified atom stereocenters. The Morgan fingerprint density at radius 2 is 2.12 bits per heavy atom. The van der Waals surface area contributed by atoms with Gasteiger partial charge in [-0.1, -0.05) is 12.1 Å². The summed E-state index contributed by atoms with van der Waals surface area (Å²) in [6.45, 7) is 4.58. The van der Waals surface area contributed by atoms with E-state index in [4.69, 9.17) is 0 Å². The summed E-state index contributed by atoms with van der Waals surface area (Å²) in [4.78, 5) is 13.8. The molecule has 1 amide bonds. The Bertz CT molecular complexity index is 478. The van der Waals surface area contributed by atoms with Crippen LogP contribution in [0.15, 0.2) is 30.9 Å². The van der Waals surface area contributed by atoms with Crippen molar-refractivity contribution in [2.45, 2.75) is 25.7 Å². The van der Waals surface area contributed by atoms with Gasteiger partial charge in [-0.3, -0.25) is 4.79 Å². The third kappa shape index (κ3) is 1.78. The first-order valence-corrected chi connectivity index (χ1v) is 6.32. The number of benzene rings is 1. The van der Waals surface area contributed by atoms with Gasteiger partial charge in [0.15, 0.2) is 0 Å². The van der Waals surface area contributed by atoms with E-state index in [-0.39, 0.29) is 5.91 Å². The van der Waals surface area contributed by atoms with Gasteiger partial charge in [-0.2, -0.15) is 0 Å². The molecule has 1 aromatic carbocycles. The van der Waals surface area contributed by atoms with Gasteiger partial charge in [0.25, 0.3) is 0 Å². The predicted molar refractivity (Wildman–Crippen MR) is 69.1 cm³/mol. The first kappa shape index (κ1) is 10.6. The lowest BCUT2D eigenvalue weighted by Crippen LogP contribution is -2.24. The second-order valence-electron chi connectivity index (χ2n) is 5.01. The summed E-state index contributed by atoms with van der Waals surface area (Å²) < 4.78 is 0. The highest BCUT2D eigenvalue weighted by molar-refractivity contribution is 5.96. The van der Waals surface area contributed by atoms with Gasteiger partial charge in [-0.25, -0.2) is 0 Å². The Labute approximate surface area is 102 Å². The largest absolute Gasteiger partial charge is 0.312 e. The van der Waals surface area contributed by atoms with E-state index in [1.165, 1.54) is 24.0 Å². The van der Waals surface area contributed by atoms with Crippen molar-refractivity contribution in [2.75, 3.05) is 11.4 Å². The normalized spacial score (nSPS) is 22.9. The van der Waals surface area contributed by atoms with Crippen LogP contribution in [0.1, 0.15) is 24.0 Å². The zero-order chi connectivity index (χ0) is 11.8. The number of nitrogens with zero attached hydrogens (tertiary/aromatic N) is 1. The van der Waals surface area contributed by atoms with E-state index in [0.717, 1.165) is 18.7 Å². The molecule has 1 saturated heterocycles. The topological polar surface area (TPSA) is 20.3 Å². The lowest BCUT2D eigenvalue weighted by atomic mass is 10.1. The molecule has 1 aliphatic carbocycles. The maximum Gasteiger partial charge on any atom is 0.227 e. The molecule has 1 fully saturated rings. The number of anilines is 1. The number of hydrogen-bond acceptors (Lipinski definition) is 1. The van der Waals surface area contributed by atoms with Crippen molar-refractivity contribution in [3.63, 3.8) is 0 Å². The van der Waals surface area contributed by atoms with Crippen molar-refractivity contribution in [1.29, 1.82) is 0 Å². The Hall–Kier alpha value is -1.57. The maximum absolute atomic E-state index is 11.9. The summed E-state index contributed by atoms with van der Waals surface area (Å²) in [7, 11) is 0. The van der Waals surface area contributed by atoms with Gasteiger partial charge in [0.1, 0.15) is 0 Å². The van der Waals surface area contributed by atoms with Crippen molar-refractivity contribution in [3.8, 4) is 0 Å². The van der Waals surface area contributed by atoms with E-state index < -0.39 is 0 Å². The molecule has 0 bridgehead atoms. The van der Waals surface area contributed by atoms with Crippen LogP contribution >= 0.6 is 0 Å². The molecule has 0 saturated carbocycles. The van der Waals surface area contributed by atoms with Crippen LogP contribution in [0.25, 0.3) is 0 Å². The highest BCUT2D eigenvalue weighted by Crippen LogP contribution is 2.30. The number of rotatable bonds is 2. The van der Waals surface area contributed by atoms with E-state index in [1.54, 1.807) is 0 Å². The van der Waals surface area contributed by atoms with Crippen LogP contribution in [0.3, 0.4) is 0 Å². The second-order valence-corrected chi connectivity index (χ2v) is 5.01. The number of carbonyl (C=O) groups excluding carboxylic acids is 1. The molecule has 3 rings (SSSR count). The molecule has 88 valence electrons. The molecular weight excluding hydrogens is 210 g/mol. The minimum Gasteiger partial charge on any atom is -0.312 e. The smallest absolute Gasteiger partial charge is 0.227 e. The monoisotopic (exact) mass is 227 g/mol. The number of amides is 1. The molecule has 0 N–H and O–H groups in total. The van der Waals surface area contributed by atoms with Gasteiger partial charge in [-0.05, 0) is 42.5 Å². The Morgan fingerprint density at radius 3 is 2.88 bits per heavy atom. The van der Waals surface area contributed by atoms with Crippen molar-refractivity contribution in [2.24, 2.45) is 5.92 Å². The minimum atomic E-state index is 0.229. The van der Waals surface area contributed by atoms with Gasteiger partial charge >= 0.3 is 0 Å². The zero-order valence-corrected chi connectivity index (χ0v) is 9.98. The number of hydrogen-bond donors (Lipinski definition) is 0. The Balaban J connectivity index is 1.89. The average Bonchev–Trinajstić information content (AvgIpc) is 2.93. The quantitative estimate of drug-likeness (QED) is 0.711. The fourth-order valence-electron chi connectivity index (χ4n) is 2.87. The molecule has 1 atom stereocenters. The van der Waals surface area contributed by atoms with Crippen LogP contribution < -0.4 is 4.90 Å². The molecule has 2 aliphatic rings. The van der Waals surface area contributed by atoms with Crippen molar-refractivity contribution in [1.82, 2.24) is 0 Å². The molecule has 17 heavy (non-hydrogen) atoms. The molecule has 2 nitrogen and oxygen atoms in total.